The highest BCUT2D eigenvalue weighted by Crippen LogP contribution is 2.07. The number of thiazole rings is 1. The van der Waals surface area contributed by atoms with Crippen LogP contribution in [-0.4, -0.2) is 9.56 Å². The molecule has 82 valence electrons. The van der Waals surface area contributed by atoms with Gasteiger partial charge in [0.05, 0.1) is 6.54 Å². The van der Waals surface area contributed by atoms with Gasteiger partial charge in [0.15, 0.2) is 0 Å². The molecule has 1 aromatic carbocycles. The molecule has 0 saturated carbocycles. The van der Waals surface area contributed by atoms with Crippen LogP contribution in [0.4, 0.5) is 0 Å². The minimum Gasteiger partial charge on any atom is -0.389 e. The van der Waals surface area contributed by atoms with Gasteiger partial charge in [-0.05, 0) is 11.6 Å². The first-order valence-electron chi connectivity index (χ1n) is 4.69. The number of hydrogen-bond acceptors (Lipinski definition) is 3. The van der Waals surface area contributed by atoms with Crippen molar-refractivity contribution in [2.75, 3.05) is 0 Å². The summed E-state index contributed by atoms with van der Waals surface area (Å²) in [6, 6.07) is 7.61. The average molecular weight is 250 g/mol. The topological polar surface area (TPSA) is 48.0 Å². The lowest BCUT2D eigenvalue weighted by Gasteiger charge is -2.04. The summed E-state index contributed by atoms with van der Waals surface area (Å²) in [6.45, 7) is 0.554. The largest absolute Gasteiger partial charge is 0.389 e. The molecule has 0 aliphatic heterocycles. The first kappa shape index (κ1) is 11.0. The summed E-state index contributed by atoms with van der Waals surface area (Å²) in [5, 5.41) is 1.78. The molecule has 0 amide bonds. The van der Waals surface area contributed by atoms with Crippen molar-refractivity contribution < 1.29 is 0 Å². The number of rotatable bonds is 3. The van der Waals surface area contributed by atoms with Crippen molar-refractivity contribution in [3.05, 3.63) is 56.6 Å². The first-order valence-corrected chi connectivity index (χ1v) is 5.98. The summed E-state index contributed by atoms with van der Waals surface area (Å²) < 4.78 is 1.66. The Kier molecular flexibility index (Phi) is 3.17. The van der Waals surface area contributed by atoms with Crippen molar-refractivity contribution in [3.8, 4) is 0 Å². The van der Waals surface area contributed by atoms with E-state index in [-0.39, 0.29) is 4.87 Å². The molecule has 0 saturated heterocycles. The monoisotopic (exact) mass is 250 g/mol. The van der Waals surface area contributed by atoms with E-state index in [9.17, 15) is 4.79 Å². The smallest absolute Gasteiger partial charge is 0.307 e. The summed E-state index contributed by atoms with van der Waals surface area (Å²) >= 11 is 6.10. The number of thiocarbonyl (C=S) groups is 1. The fourth-order valence-corrected chi connectivity index (χ4v) is 2.14. The van der Waals surface area contributed by atoms with Gasteiger partial charge in [0.1, 0.15) is 4.99 Å². The lowest BCUT2D eigenvalue weighted by atomic mass is 10.1. The minimum absolute atomic E-state index is 0.0423. The van der Waals surface area contributed by atoms with Crippen LogP contribution >= 0.6 is 23.6 Å². The molecule has 0 radical (unpaired) electrons. The molecule has 2 rings (SSSR count). The fraction of sp³-hybridized carbons (Fsp3) is 0.0909. The maximum atomic E-state index is 11.4. The van der Waals surface area contributed by atoms with E-state index in [1.807, 2.05) is 24.3 Å². The van der Waals surface area contributed by atoms with Gasteiger partial charge in [-0.25, -0.2) is 0 Å². The average Bonchev–Trinajstić information content (AvgIpc) is 2.65. The highest BCUT2D eigenvalue weighted by Gasteiger charge is 2.01. The van der Waals surface area contributed by atoms with Gasteiger partial charge in [-0.15, -0.1) is 0 Å². The van der Waals surface area contributed by atoms with Gasteiger partial charge in [-0.3, -0.25) is 4.79 Å². The van der Waals surface area contributed by atoms with Crippen molar-refractivity contribution in [2.24, 2.45) is 5.73 Å². The Labute approximate surface area is 102 Å². The van der Waals surface area contributed by atoms with E-state index < -0.39 is 0 Å². The number of benzene rings is 1. The van der Waals surface area contributed by atoms with Gasteiger partial charge in [0.2, 0.25) is 0 Å². The van der Waals surface area contributed by atoms with Gasteiger partial charge < -0.3 is 10.3 Å². The molecule has 0 spiro atoms. The van der Waals surface area contributed by atoms with E-state index in [2.05, 4.69) is 0 Å². The standard InChI is InChI=1S/C11H10N2OS2/c12-10(15)9-3-1-2-8(6-9)7-13-4-5-16-11(13)14/h1-6H,7H2,(H2,12,15). The Morgan fingerprint density at radius 1 is 1.50 bits per heavy atom. The second kappa shape index (κ2) is 4.59. The molecule has 3 nitrogen and oxygen atoms in total. The lowest BCUT2D eigenvalue weighted by molar-refractivity contribution is 0.784. The van der Waals surface area contributed by atoms with Crippen LogP contribution in [0.5, 0.6) is 0 Å². The van der Waals surface area contributed by atoms with Gasteiger partial charge in [0.25, 0.3) is 0 Å². The van der Waals surface area contributed by atoms with Crippen LogP contribution in [0, 0.1) is 0 Å². The summed E-state index contributed by atoms with van der Waals surface area (Å²) in [7, 11) is 0. The van der Waals surface area contributed by atoms with Crippen molar-refractivity contribution in [1.29, 1.82) is 0 Å². The van der Waals surface area contributed by atoms with E-state index in [0.29, 0.717) is 11.5 Å². The molecule has 16 heavy (non-hydrogen) atoms. The van der Waals surface area contributed by atoms with E-state index in [4.69, 9.17) is 18.0 Å². The maximum Gasteiger partial charge on any atom is 0.307 e. The van der Waals surface area contributed by atoms with Crippen molar-refractivity contribution in [3.63, 3.8) is 0 Å². The number of aromatic nitrogens is 1. The molecule has 0 aliphatic carbocycles. The number of hydrogen-bond donors (Lipinski definition) is 1. The molecule has 0 fully saturated rings. The normalized spacial score (nSPS) is 10.2. The lowest BCUT2D eigenvalue weighted by Crippen LogP contribution is -2.14. The second-order valence-electron chi connectivity index (χ2n) is 3.36. The fourth-order valence-electron chi connectivity index (χ4n) is 1.43. The van der Waals surface area contributed by atoms with Crippen LogP contribution in [-0.2, 0) is 6.54 Å². The third kappa shape index (κ3) is 2.37. The van der Waals surface area contributed by atoms with Crippen molar-refractivity contribution in [2.45, 2.75) is 6.54 Å². The van der Waals surface area contributed by atoms with E-state index in [1.165, 1.54) is 11.3 Å². The molecular formula is C11H10N2OS2. The highest BCUT2D eigenvalue weighted by atomic mass is 32.1. The number of nitrogens with zero attached hydrogens (tertiary/aromatic N) is 1. The van der Waals surface area contributed by atoms with Gasteiger partial charge in [0, 0.05) is 17.1 Å². The van der Waals surface area contributed by atoms with Crippen molar-refractivity contribution in [1.82, 2.24) is 4.57 Å². The molecule has 1 heterocycles. The second-order valence-corrected chi connectivity index (χ2v) is 4.66. The third-order valence-electron chi connectivity index (χ3n) is 2.21. The van der Waals surface area contributed by atoms with E-state index in [0.717, 1.165) is 11.1 Å². The number of nitrogens with two attached hydrogens (primary N) is 1. The SMILES string of the molecule is NC(=S)c1cccc(Cn2ccsc2=O)c1. The van der Waals surface area contributed by atoms with Crippen LogP contribution in [0.15, 0.2) is 40.6 Å². The predicted molar refractivity (Wildman–Crippen MR) is 70.0 cm³/mol. The summed E-state index contributed by atoms with van der Waals surface area (Å²) in [6.07, 6.45) is 1.78. The van der Waals surface area contributed by atoms with Gasteiger partial charge >= 0.3 is 4.87 Å². The van der Waals surface area contributed by atoms with Crippen molar-refractivity contribution >= 4 is 28.5 Å². The summed E-state index contributed by atoms with van der Waals surface area (Å²) in [5.74, 6) is 0. The molecule has 2 aromatic rings. The Hall–Kier alpha value is -1.46. The molecule has 0 unspecified atom stereocenters. The maximum absolute atomic E-state index is 11.4. The predicted octanol–water partition coefficient (Wildman–Crippen LogP) is 1.59. The summed E-state index contributed by atoms with van der Waals surface area (Å²) in [4.78, 5) is 11.8. The Bertz CT molecular complexity index is 571. The van der Waals surface area contributed by atoms with E-state index in [1.54, 1.807) is 16.1 Å². The summed E-state index contributed by atoms with van der Waals surface area (Å²) in [5.41, 5.74) is 7.40. The molecule has 0 aliphatic rings. The van der Waals surface area contributed by atoms with Gasteiger partial charge in [-0.1, -0.05) is 41.8 Å². The zero-order valence-corrected chi connectivity index (χ0v) is 10.1. The zero-order valence-electron chi connectivity index (χ0n) is 8.42. The molecular weight excluding hydrogens is 240 g/mol. The molecule has 1 aromatic heterocycles. The van der Waals surface area contributed by atoms with Crippen LogP contribution in [0.1, 0.15) is 11.1 Å². The minimum atomic E-state index is 0.0423. The quantitative estimate of drug-likeness (QED) is 0.842. The zero-order chi connectivity index (χ0) is 11.5. The van der Waals surface area contributed by atoms with Crippen LogP contribution in [0.3, 0.4) is 0 Å². The Morgan fingerprint density at radius 3 is 2.94 bits per heavy atom. The molecule has 5 heteroatoms. The Morgan fingerprint density at radius 2 is 2.31 bits per heavy atom. The molecule has 2 N–H and O–H groups in total. The highest BCUT2D eigenvalue weighted by molar-refractivity contribution is 7.80. The van der Waals surface area contributed by atoms with Crippen LogP contribution < -0.4 is 10.6 Å². The van der Waals surface area contributed by atoms with E-state index >= 15 is 0 Å². The van der Waals surface area contributed by atoms with Crippen LogP contribution in [0.25, 0.3) is 0 Å². The first-order chi connectivity index (χ1) is 7.66. The van der Waals surface area contributed by atoms with Crippen LogP contribution in [0.2, 0.25) is 0 Å². The molecule has 0 atom stereocenters. The van der Waals surface area contributed by atoms with Gasteiger partial charge in [-0.2, -0.15) is 0 Å². The molecule has 0 bridgehead atoms. The third-order valence-corrected chi connectivity index (χ3v) is 3.14. The Balaban J connectivity index is 2.29.